The number of pyridine rings is 1. The largest absolute Gasteiger partial charge is 0.377 e. The molecule has 0 fully saturated rings. The van der Waals surface area contributed by atoms with Crippen LogP contribution in [0.15, 0.2) is 48.4 Å². The lowest BCUT2D eigenvalue weighted by atomic mass is 9.97. The second kappa shape index (κ2) is 5.73. The first-order chi connectivity index (χ1) is 10.6. The zero-order valence-corrected chi connectivity index (χ0v) is 12.9. The Balaban J connectivity index is 2.09. The Hall–Kier alpha value is -2.46. The minimum atomic E-state index is -0.0851. The van der Waals surface area contributed by atoms with Crippen LogP contribution < -0.4 is 5.32 Å². The molecule has 0 amide bonds. The van der Waals surface area contributed by atoms with Crippen molar-refractivity contribution < 1.29 is 9.53 Å². The number of hydrogen-bond acceptors (Lipinski definition) is 4. The Labute approximate surface area is 129 Å². The molecule has 2 aromatic rings. The van der Waals surface area contributed by atoms with Gasteiger partial charge in [0.25, 0.3) is 0 Å². The zero-order valence-electron chi connectivity index (χ0n) is 12.9. The highest BCUT2D eigenvalue weighted by Gasteiger charge is 2.27. The molecule has 0 spiro atoms. The van der Waals surface area contributed by atoms with Crippen LogP contribution in [0.5, 0.6) is 0 Å². The molecule has 0 saturated heterocycles. The van der Waals surface area contributed by atoms with Gasteiger partial charge in [0.1, 0.15) is 0 Å². The van der Waals surface area contributed by atoms with E-state index in [-0.39, 0.29) is 11.9 Å². The predicted octanol–water partition coefficient (Wildman–Crippen LogP) is 3.83. The fourth-order valence-corrected chi connectivity index (χ4v) is 2.71. The van der Waals surface area contributed by atoms with Crippen LogP contribution in [0.4, 0.5) is 5.69 Å². The van der Waals surface area contributed by atoms with E-state index in [0.717, 1.165) is 22.4 Å². The molecule has 1 aromatic heterocycles. The SMILES string of the molecule is CO[C@H](C)c1cnccc1/C(C)=C1/Nc2ccccc2C1=O. The summed E-state index contributed by atoms with van der Waals surface area (Å²) in [4.78, 5) is 16.8. The molecule has 4 heteroatoms. The molecule has 1 aliphatic heterocycles. The molecule has 0 aliphatic carbocycles. The van der Waals surface area contributed by atoms with Crippen molar-refractivity contribution in [2.75, 3.05) is 12.4 Å². The lowest BCUT2D eigenvalue weighted by Gasteiger charge is -2.16. The van der Waals surface area contributed by atoms with E-state index in [1.54, 1.807) is 19.5 Å². The summed E-state index contributed by atoms with van der Waals surface area (Å²) in [6, 6.07) is 9.48. The number of nitrogens with zero attached hydrogens (tertiary/aromatic N) is 1. The Morgan fingerprint density at radius 2 is 2.05 bits per heavy atom. The van der Waals surface area contributed by atoms with E-state index >= 15 is 0 Å². The minimum Gasteiger partial charge on any atom is -0.377 e. The molecule has 0 unspecified atom stereocenters. The van der Waals surface area contributed by atoms with Crippen molar-refractivity contribution in [3.8, 4) is 0 Å². The van der Waals surface area contributed by atoms with Crippen LogP contribution in [0.1, 0.15) is 41.4 Å². The van der Waals surface area contributed by atoms with Gasteiger partial charge in [-0.05, 0) is 43.2 Å². The topological polar surface area (TPSA) is 51.2 Å². The molecular formula is C18H18N2O2. The highest BCUT2D eigenvalue weighted by molar-refractivity contribution is 6.21. The van der Waals surface area contributed by atoms with Gasteiger partial charge in [-0.25, -0.2) is 0 Å². The van der Waals surface area contributed by atoms with Crippen molar-refractivity contribution >= 4 is 17.0 Å². The summed E-state index contributed by atoms with van der Waals surface area (Å²) < 4.78 is 5.41. The van der Waals surface area contributed by atoms with Gasteiger partial charge >= 0.3 is 0 Å². The normalized spacial score (nSPS) is 17.0. The van der Waals surface area contributed by atoms with E-state index < -0.39 is 0 Å². The van der Waals surface area contributed by atoms with Gasteiger partial charge in [-0.1, -0.05) is 12.1 Å². The number of para-hydroxylation sites is 1. The molecule has 2 heterocycles. The molecule has 1 N–H and O–H groups in total. The molecular weight excluding hydrogens is 276 g/mol. The first-order valence-electron chi connectivity index (χ1n) is 7.22. The van der Waals surface area contributed by atoms with E-state index in [1.807, 2.05) is 44.2 Å². The predicted molar refractivity (Wildman–Crippen MR) is 86.7 cm³/mol. The fourth-order valence-electron chi connectivity index (χ4n) is 2.71. The van der Waals surface area contributed by atoms with Gasteiger partial charge in [0, 0.05) is 36.3 Å². The van der Waals surface area contributed by atoms with Crippen molar-refractivity contribution in [2.45, 2.75) is 20.0 Å². The number of hydrogen-bond donors (Lipinski definition) is 1. The number of carbonyl (C=O) groups excluding carboxylic acids is 1. The van der Waals surface area contributed by atoms with Crippen LogP contribution in [-0.2, 0) is 4.74 Å². The first kappa shape index (κ1) is 14.5. The number of aromatic nitrogens is 1. The molecule has 0 bridgehead atoms. The summed E-state index contributed by atoms with van der Waals surface area (Å²) in [5.41, 5.74) is 5.05. The summed E-state index contributed by atoms with van der Waals surface area (Å²) in [6.07, 6.45) is 3.44. The number of carbonyl (C=O) groups is 1. The quantitative estimate of drug-likeness (QED) is 0.874. The van der Waals surface area contributed by atoms with E-state index in [2.05, 4.69) is 10.3 Å². The van der Waals surface area contributed by atoms with E-state index in [9.17, 15) is 4.79 Å². The van der Waals surface area contributed by atoms with E-state index in [0.29, 0.717) is 11.3 Å². The number of anilines is 1. The average Bonchev–Trinajstić information content (AvgIpc) is 2.91. The average molecular weight is 294 g/mol. The van der Waals surface area contributed by atoms with Crippen molar-refractivity contribution in [2.24, 2.45) is 0 Å². The number of allylic oxidation sites excluding steroid dienone is 2. The maximum atomic E-state index is 12.6. The number of Topliss-reactive ketones (excluding diaryl/α,β-unsaturated/α-hetero) is 1. The molecule has 1 aromatic carbocycles. The van der Waals surface area contributed by atoms with Gasteiger partial charge < -0.3 is 10.1 Å². The maximum Gasteiger partial charge on any atom is 0.211 e. The number of fused-ring (bicyclic) bond motifs is 1. The number of ketones is 1. The summed E-state index contributed by atoms with van der Waals surface area (Å²) in [6.45, 7) is 3.92. The lowest BCUT2D eigenvalue weighted by molar-refractivity contribution is 0.104. The highest BCUT2D eigenvalue weighted by atomic mass is 16.5. The summed E-state index contributed by atoms with van der Waals surface area (Å²) in [5, 5.41) is 3.24. The standard InChI is InChI=1S/C18H18N2O2/c1-11(13-8-9-19-10-15(13)12(2)22-3)17-18(21)14-6-4-5-7-16(14)20-17/h4-10,12,20H,1-3H3/b17-11+/t12-/m1/s1. The van der Waals surface area contributed by atoms with Gasteiger partial charge in [0.05, 0.1) is 11.8 Å². The van der Waals surface area contributed by atoms with Gasteiger partial charge in [-0.3, -0.25) is 9.78 Å². The fraction of sp³-hybridized carbons (Fsp3) is 0.222. The van der Waals surface area contributed by atoms with Gasteiger partial charge in [0.15, 0.2) is 0 Å². The molecule has 4 nitrogen and oxygen atoms in total. The van der Waals surface area contributed by atoms with Gasteiger partial charge in [-0.15, -0.1) is 0 Å². The Bertz CT molecular complexity index is 765. The summed E-state index contributed by atoms with van der Waals surface area (Å²) >= 11 is 0. The van der Waals surface area contributed by atoms with Crippen molar-refractivity contribution in [3.63, 3.8) is 0 Å². The Morgan fingerprint density at radius 3 is 2.77 bits per heavy atom. The van der Waals surface area contributed by atoms with Crippen LogP contribution in [0.2, 0.25) is 0 Å². The summed E-state index contributed by atoms with van der Waals surface area (Å²) in [7, 11) is 1.67. The number of ether oxygens (including phenoxy) is 1. The Kier molecular flexibility index (Phi) is 3.77. The Morgan fingerprint density at radius 1 is 1.27 bits per heavy atom. The number of benzene rings is 1. The number of rotatable bonds is 3. The monoisotopic (exact) mass is 294 g/mol. The molecule has 0 radical (unpaired) electrons. The number of nitrogens with one attached hydrogen (secondary N) is 1. The second-order valence-electron chi connectivity index (χ2n) is 5.34. The van der Waals surface area contributed by atoms with Crippen molar-refractivity contribution in [1.29, 1.82) is 0 Å². The van der Waals surface area contributed by atoms with E-state index in [4.69, 9.17) is 4.74 Å². The number of methoxy groups -OCH3 is 1. The first-order valence-corrected chi connectivity index (χ1v) is 7.22. The van der Waals surface area contributed by atoms with Gasteiger partial charge in [-0.2, -0.15) is 0 Å². The molecule has 1 atom stereocenters. The lowest BCUT2D eigenvalue weighted by Crippen LogP contribution is -2.07. The summed E-state index contributed by atoms with van der Waals surface area (Å²) in [5.74, 6) is 0.0286. The third-order valence-electron chi connectivity index (χ3n) is 4.08. The van der Waals surface area contributed by atoms with Crippen LogP contribution in [-0.4, -0.2) is 17.9 Å². The molecule has 1 aliphatic rings. The van der Waals surface area contributed by atoms with Crippen LogP contribution in [0.25, 0.3) is 5.57 Å². The zero-order chi connectivity index (χ0) is 15.7. The second-order valence-corrected chi connectivity index (χ2v) is 5.34. The molecule has 112 valence electrons. The smallest absolute Gasteiger partial charge is 0.211 e. The van der Waals surface area contributed by atoms with Crippen molar-refractivity contribution in [1.82, 2.24) is 4.98 Å². The van der Waals surface area contributed by atoms with Crippen LogP contribution in [0.3, 0.4) is 0 Å². The van der Waals surface area contributed by atoms with E-state index in [1.165, 1.54) is 0 Å². The molecule has 22 heavy (non-hydrogen) atoms. The third-order valence-corrected chi connectivity index (χ3v) is 4.08. The van der Waals surface area contributed by atoms with Crippen LogP contribution >= 0.6 is 0 Å². The van der Waals surface area contributed by atoms with Gasteiger partial charge in [0.2, 0.25) is 5.78 Å². The van der Waals surface area contributed by atoms with Crippen LogP contribution in [0, 0.1) is 0 Å². The third kappa shape index (κ3) is 2.31. The highest BCUT2D eigenvalue weighted by Crippen LogP contribution is 2.34. The maximum absolute atomic E-state index is 12.6. The minimum absolute atomic E-state index is 0.0286. The molecule has 3 rings (SSSR count). The van der Waals surface area contributed by atoms with Crippen molar-refractivity contribution in [3.05, 3.63) is 65.1 Å². The molecule has 0 saturated carbocycles.